The van der Waals surface area contributed by atoms with Crippen molar-refractivity contribution < 1.29 is 13.9 Å². The molecule has 0 aliphatic carbocycles. The highest BCUT2D eigenvalue weighted by Gasteiger charge is 2.08. The Bertz CT molecular complexity index is 924. The maximum absolute atomic E-state index is 13.7. The summed E-state index contributed by atoms with van der Waals surface area (Å²) in [5.41, 5.74) is 5.13. The molecule has 3 aromatic carbocycles. The van der Waals surface area contributed by atoms with E-state index in [0.29, 0.717) is 23.6 Å². The van der Waals surface area contributed by atoms with E-state index < -0.39 is 0 Å². The number of aryl methyl sites for hydroxylation is 2. The van der Waals surface area contributed by atoms with E-state index in [1.807, 2.05) is 18.2 Å². The smallest absolute Gasteiger partial charge is 0.161 e. The third kappa shape index (κ3) is 4.79. The SMILES string of the molecule is COc1cc(CNc2cc(C)ccc2C)ccc1OCc1ccccc1F. The Morgan fingerprint density at radius 3 is 2.52 bits per heavy atom. The third-order valence-corrected chi connectivity index (χ3v) is 4.45. The van der Waals surface area contributed by atoms with Crippen molar-refractivity contribution >= 4 is 5.69 Å². The lowest BCUT2D eigenvalue weighted by atomic mass is 10.1. The van der Waals surface area contributed by atoms with Gasteiger partial charge in [0.25, 0.3) is 0 Å². The highest BCUT2D eigenvalue weighted by molar-refractivity contribution is 5.53. The molecule has 0 saturated carbocycles. The fourth-order valence-corrected chi connectivity index (χ4v) is 2.84. The Morgan fingerprint density at radius 1 is 0.926 bits per heavy atom. The first-order chi connectivity index (χ1) is 13.1. The van der Waals surface area contributed by atoms with Gasteiger partial charge in [-0.3, -0.25) is 0 Å². The second-order valence-electron chi connectivity index (χ2n) is 6.54. The van der Waals surface area contributed by atoms with Crippen molar-refractivity contribution in [1.82, 2.24) is 0 Å². The molecule has 0 aromatic heterocycles. The van der Waals surface area contributed by atoms with Crippen molar-refractivity contribution in [3.05, 3.63) is 88.7 Å². The molecule has 0 bridgehead atoms. The summed E-state index contributed by atoms with van der Waals surface area (Å²) in [7, 11) is 1.60. The zero-order valence-corrected chi connectivity index (χ0v) is 15.9. The topological polar surface area (TPSA) is 30.5 Å². The van der Waals surface area contributed by atoms with E-state index in [1.54, 1.807) is 25.3 Å². The van der Waals surface area contributed by atoms with Gasteiger partial charge >= 0.3 is 0 Å². The molecule has 0 aliphatic heterocycles. The predicted molar refractivity (Wildman–Crippen MR) is 107 cm³/mol. The summed E-state index contributed by atoms with van der Waals surface area (Å²) in [6.07, 6.45) is 0. The second kappa shape index (κ2) is 8.58. The van der Waals surface area contributed by atoms with Gasteiger partial charge in [0.1, 0.15) is 12.4 Å². The Hall–Kier alpha value is -3.01. The quantitative estimate of drug-likeness (QED) is 0.587. The maximum atomic E-state index is 13.7. The van der Waals surface area contributed by atoms with Gasteiger partial charge in [0.05, 0.1) is 7.11 Å². The minimum atomic E-state index is -0.272. The van der Waals surface area contributed by atoms with Crippen molar-refractivity contribution in [2.24, 2.45) is 0 Å². The van der Waals surface area contributed by atoms with Crippen LogP contribution in [0.4, 0.5) is 10.1 Å². The molecule has 0 fully saturated rings. The normalized spacial score (nSPS) is 10.5. The Morgan fingerprint density at radius 2 is 1.74 bits per heavy atom. The van der Waals surface area contributed by atoms with Crippen LogP contribution in [-0.4, -0.2) is 7.11 Å². The minimum absolute atomic E-state index is 0.156. The van der Waals surface area contributed by atoms with E-state index >= 15 is 0 Å². The van der Waals surface area contributed by atoms with Gasteiger partial charge in [-0.1, -0.05) is 36.4 Å². The van der Waals surface area contributed by atoms with Crippen LogP contribution in [0, 0.1) is 19.7 Å². The van der Waals surface area contributed by atoms with Crippen LogP contribution >= 0.6 is 0 Å². The number of hydrogen-bond acceptors (Lipinski definition) is 3. The summed E-state index contributed by atoms with van der Waals surface area (Å²) >= 11 is 0. The lowest BCUT2D eigenvalue weighted by molar-refractivity contribution is 0.279. The van der Waals surface area contributed by atoms with Crippen LogP contribution in [0.1, 0.15) is 22.3 Å². The largest absolute Gasteiger partial charge is 0.493 e. The molecule has 140 valence electrons. The van der Waals surface area contributed by atoms with E-state index in [1.165, 1.54) is 17.2 Å². The first kappa shape index (κ1) is 18.8. The molecule has 0 aliphatic rings. The summed E-state index contributed by atoms with van der Waals surface area (Å²) in [6.45, 7) is 4.99. The third-order valence-electron chi connectivity index (χ3n) is 4.45. The van der Waals surface area contributed by atoms with Crippen LogP contribution in [0.2, 0.25) is 0 Å². The van der Waals surface area contributed by atoms with Gasteiger partial charge in [-0.25, -0.2) is 4.39 Å². The number of hydrogen-bond donors (Lipinski definition) is 1. The molecule has 0 unspecified atom stereocenters. The molecule has 3 rings (SSSR count). The number of methoxy groups -OCH3 is 1. The minimum Gasteiger partial charge on any atom is -0.493 e. The van der Waals surface area contributed by atoms with Crippen molar-refractivity contribution in [2.75, 3.05) is 12.4 Å². The van der Waals surface area contributed by atoms with Gasteiger partial charge in [-0.05, 0) is 54.8 Å². The summed E-state index contributed by atoms with van der Waals surface area (Å²) in [5, 5.41) is 3.46. The molecule has 0 amide bonds. The van der Waals surface area contributed by atoms with Gasteiger partial charge in [0.15, 0.2) is 11.5 Å². The molecule has 1 N–H and O–H groups in total. The van der Waals surface area contributed by atoms with E-state index in [0.717, 1.165) is 11.3 Å². The number of anilines is 1. The maximum Gasteiger partial charge on any atom is 0.161 e. The number of ether oxygens (including phenoxy) is 2. The Labute approximate surface area is 159 Å². The average molecular weight is 365 g/mol. The highest BCUT2D eigenvalue weighted by atomic mass is 19.1. The van der Waals surface area contributed by atoms with Crippen molar-refractivity contribution in [3.8, 4) is 11.5 Å². The number of nitrogens with one attached hydrogen (secondary N) is 1. The zero-order valence-electron chi connectivity index (χ0n) is 15.9. The van der Waals surface area contributed by atoms with Crippen LogP contribution in [0.5, 0.6) is 11.5 Å². The van der Waals surface area contributed by atoms with Crippen molar-refractivity contribution in [2.45, 2.75) is 27.0 Å². The Balaban J connectivity index is 1.68. The van der Waals surface area contributed by atoms with Gasteiger partial charge < -0.3 is 14.8 Å². The first-order valence-electron chi connectivity index (χ1n) is 8.91. The second-order valence-corrected chi connectivity index (χ2v) is 6.54. The summed E-state index contributed by atoms with van der Waals surface area (Å²) < 4.78 is 25.0. The predicted octanol–water partition coefficient (Wildman–Crippen LogP) is 5.64. The van der Waals surface area contributed by atoms with E-state index in [-0.39, 0.29) is 12.4 Å². The van der Waals surface area contributed by atoms with Gasteiger partial charge in [-0.2, -0.15) is 0 Å². The first-order valence-corrected chi connectivity index (χ1v) is 8.91. The molecule has 0 atom stereocenters. The molecule has 3 nitrogen and oxygen atoms in total. The monoisotopic (exact) mass is 365 g/mol. The Kier molecular flexibility index (Phi) is 5.97. The van der Waals surface area contributed by atoms with E-state index in [9.17, 15) is 4.39 Å². The number of rotatable bonds is 7. The summed E-state index contributed by atoms with van der Waals surface area (Å²) in [5.74, 6) is 0.952. The molecule has 3 aromatic rings. The summed E-state index contributed by atoms with van der Waals surface area (Å²) in [4.78, 5) is 0. The number of benzene rings is 3. The fourth-order valence-electron chi connectivity index (χ4n) is 2.84. The molecule has 0 heterocycles. The van der Waals surface area contributed by atoms with Crippen LogP contribution in [0.15, 0.2) is 60.7 Å². The van der Waals surface area contributed by atoms with E-state index in [2.05, 4.69) is 37.4 Å². The number of halogens is 1. The lowest BCUT2D eigenvalue weighted by Gasteiger charge is -2.14. The highest BCUT2D eigenvalue weighted by Crippen LogP contribution is 2.29. The standard InChI is InChI=1S/C23H24FNO2/c1-16-8-9-17(2)21(12-16)25-14-18-10-11-22(23(13-18)26-3)27-15-19-6-4-5-7-20(19)24/h4-13,25H,14-15H2,1-3H3. The van der Waals surface area contributed by atoms with Crippen LogP contribution in [-0.2, 0) is 13.2 Å². The van der Waals surface area contributed by atoms with Crippen LogP contribution in [0.25, 0.3) is 0 Å². The lowest BCUT2D eigenvalue weighted by Crippen LogP contribution is -2.03. The molecular weight excluding hydrogens is 341 g/mol. The van der Waals surface area contributed by atoms with Gasteiger partial charge in [-0.15, -0.1) is 0 Å². The molecule has 0 radical (unpaired) electrons. The molecule has 4 heteroatoms. The van der Waals surface area contributed by atoms with Gasteiger partial charge in [0.2, 0.25) is 0 Å². The molecule has 0 saturated heterocycles. The van der Waals surface area contributed by atoms with Crippen LogP contribution in [0.3, 0.4) is 0 Å². The van der Waals surface area contributed by atoms with E-state index in [4.69, 9.17) is 9.47 Å². The van der Waals surface area contributed by atoms with Gasteiger partial charge in [0, 0.05) is 17.8 Å². The fraction of sp³-hybridized carbons (Fsp3) is 0.217. The zero-order chi connectivity index (χ0) is 19.2. The molecule has 27 heavy (non-hydrogen) atoms. The average Bonchev–Trinajstić information content (AvgIpc) is 2.68. The summed E-state index contributed by atoms with van der Waals surface area (Å²) in [6, 6.07) is 18.7. The van der Waals surface area contributed by atoms with Crippen molar-refractivity contribution in [1.29, 1.82) is 0 Å². The van der Waals surface area contributed by atoms with Crippen molar-refractivity contribution in [3.63, 3.8) is 0 Å². The van der Waals surface area contributed by atoms with Crippen LogP contribution < -0.4 is 14.8 Å². The molecule has 0 spiro atoms. The molecular formula is C23H24FNO2.